The Hall–Kier alpha value is -2.70. The van der Waals surface area contributed by atoms with Crippen LogP contribution in [-0.2, 0) is 0 Å². The van der Waals surface area contributed by atoms with Crippen molar-refractivity contribution in [1.29, 1.82) is 0 Å². The fraction of sp³-hybridized carbons (Fsp3) is 0.423. The van der Waals surface area contributed by atoms with Crippen LogP contribution in [0.5, 0.6) is 0 Å². The molecule has 2 amide bonds. The molecule has 2 heterocycles. The molecule has 2 aliphatic heterocycles. The van der Waals surface area contributed by atoms with Crippen molar-refractivity contribution in [3.63, 3.8) is 0 Å². The summed E-state index contributed by atoms with van der Waals surface area (Å²) >= 11 is 0. The molecule has 0 saturated carbocycles. The minimum atomic E-state index is -0.200. The number of carbonyl (C=O) groups excluding carboxylic acids is 1. The molecule has 0 aromatic heterocycles. The number of halogens is 1. The number of nitrogens with one attached hydrogen (secondary N) is 1. The zero-order valence-electron chi connectivity index (χ0n) is 18.9. The van der Waals surface area contributed by atoms with Crippen molar-refractivity contribution in [3.8, 4) is 0 Å². The monoisotopic (exact) mass is 433 g/mol. The smallest absolute Gasteiger partial charge is 0.317 e. The molecule has 5 rings (SSSR count). The molecule has 1 aliphatic carbocycles. The van der Waals surface area contributed by atoms with Gasteiger partial charge in [-0.3, -0.25) is 9.80 Å². The van der Waals surface area contributed by atoms with Crippen molar-refractivity contribution < 1.29 is 9.18 Å². The van der Waals surface area contributed by atoms with E-state index in [2.05, 4.69) is 47.2 Å². The van der Waals surface area contributed by atoms with E-state index in [0.29, 0.717) is 0 Å². The van der Waals surface area contributed by atoms with Crippen LogP contribution in [0.25, 0.3) is 5.57 Å². The quantitative estimate of drug-likeness (QED) is 0.782. The predicted octanol–water partition coefficient (Wildman–Crippen LogP) is 3.65. The number of carbonyl (C=O) groups is 1. The third kappa shape index (κ3) is 3.93. The fourth-order valence-electron chi connectivity index (χ4n) is 5.41. The van der Waals surface area contributed by atoms with Crippen LogP contribution in [0.3, 0.4) is 0 Å². The van der Waals surface area contributed by atoms with Crippen LogP contribution in [0, 0.1) is 12.7 Å². The first-order valence-corrected chi connectivity index (χ1v) is 11.6. The lowest BCUT2D eigenvalue weighted by molar-refractivity contribution is 0.104. The summed E-state index contributed by atoms with van der Waals surface area (Å²) in [4.78, 5) is 18.7. The van der Waals surface area contributed by atoms with E-state index >= 15 is 0 Å². The molecular weight excluding hydrogens is 402 g/mol. The van der Waals surface area contributed by atoms with Gasteiger partial charge in [0.15, 0.2) is 0 Å². The number of nitrogens with zero attached hydrogens (tertiary/aromatic N) is 3. The maximum absolute atomic E-state index is 13.6. The van der Waals surface area contributed by atoms with Crippen LogP contribution in [0.15, 0.2) is 48.0 Å². The van der Waals surface area contributed by atoms with Crippen molar-refractivity contribution in [2.75, 3.05) is 52.4 Å². The number of piperazine rings is 1. The second-order valence-electron chi connectivity index (χ2n) is 9.15. The number of rotatable bonds is 5. The molecule has 168 valence electrons. The number of hydrogen-bond acceptors (Lipinski definition) is 3. The Morgan fingerprint density at radius 3 is 2.41 bits per heavy atom. The summed E-state index contributed by atoms with van der Waals surface area (Å²) in [5.41, 5.74) is 7.56. The number of fused-ring (bicyclic) bond motifs is 1. The Morgan fingerprint density at radius 2 is 1.72 bits per heavy atom. The highest BCUT2D eigenvalue weighted by molar-refractivity contribution is 5.88. The lowest BCUT2D eigenvalue weighted by Gasteiger charge is -2.39. The topological polar surface area (TPSA) is 38.8 Å². The van der Waals surface area contributed by atoms with Gasteiger partial charge in [0, 0.05) is 52.4 Å². The summed E-state index contributed by atoms with van der Waals surface area (Å²) in [6, 6.07) is 14.0. The average molecular weight is 434 g/mol. The third-order valence-electron chi connectivity index (χ3n) is 7.11. The van der Waals surface area contributed by atoms with Gasteiger partial charge >= 0.3 is 6.03 Å². The summed E-state index contributed by atoms with van der Waals surface area (Å²) in [6.45, 7) is 11.7. The minimum absolute atomic E-state index is 0.0653. The molecule has 0 spiro atoms. The van der Waals surface area contributed by atoms with Crippen LogP contribution in [-0.4, -0.2) is 73.1 Å². The van der Waals surface area contributed by atoms with Crippen LogP contribution < -0.4 is 5.32 Å². The van der Waals surface area contributed by atoms with Gasteiger partial charge in [0.05, 0.1) is 6.04 Å². The highest BCUT2D eigenvalue weighted by Gasteiger charge is 2.35. The summed E-state index contributed by atoms with van der Waals surface area (Å²) in [5, 5.41) is 2.87. The number of hydrogen-bond donors (Lipinski definition) is 1. The molecule has 2 aromatic carbocycles. The van der Waals surface area contributed by atoms with Gasteiger partial charge in [0.2, 0.25) is 0 Å². The molecule has 0 radical (unpaired) electrons. The van der Waals surface area contributed by atoms with Crippen molar-refractivity contribution >= 4 is 11.6 Å². The van der Waals surface area contributed by atoms with Crippen LogP contribution in [0.2, 0.25) is 0 Å². The van der Waals surface area contributed by atoms with Gasteiger partial charge in [-0.2, -0.15) is 0 Å². The number of benzene rings is 2. The maximum atomic E-state index is 13.6. The first-order chi connectivity index (χ1) is 15.5. The van der Waals surface area contributed by atoms with Gasteiger partial charge in [-0.25, -0.2) is 9.18 Å². The zero-order valence-corrected chi connectivity index (χ0v) is 18.9. The van der Waals surface area contributed by atoms with E-state index in [-0.39, 0.29) is 17.9 Å². The largest absolute Gasteiger partial charge is 0.336 e. The van der Waals surface area contributed by atoms with Gasteiger partial charge < -0.3 is 10.2 Å². The van der Waals surface area contributed by atoms with Gasteiger partial charge in [0.25, 0.3) is 0 Å². The maximum Gasteiger partial charge on any atom is 0.317 e. The second kappa shape index (κ2) is 8.68. The van der Waals surface area contributed by atoms with E-state index in [1.54, 1.807) is 12.1 Å². The lowest BCUT2D eigenvalue weighted by atomic mass is 9.96. The molecular formula is C26H31FN4O. The molecule has 1 N–H and O–H groups in total. The standard InChI is InChI=1S/C26H31FN4O/c1-18-3-8-22-23(17-18)24(20-4-6-21(27)7-5-20)19(2)25(22)30-14-11-29(12-15-30)13-16-31-10-9-28-26(31)32/h3-8,17,25H,9-16H2,1-2H3,(H,28,32)/i26-1. The Balaban J connectivity index is 1.33. The molecule has 3 aliphatic rings. The highest BCUT2D eigenvalue weighted by Crippen LogP contribution is 2.46. The molecule has 2 aromatic rings. The van der Waals surface area contributed by atoms with Gasteiger partial charge in [-0.1, -0.05) is 35.9 Å². The Morgan fingerprint density at radius 1 is 0.969 bits per heavy atom. The first kappa shape index (κ1) is 21.2. The number of aryl methyl sites for hydroxylation is 1. The average Bonchev–Trinajstić information content (AvgIpc) is 3.33. The third-order valence-corrected chi connectivity index (χ3v) is 7.11. The Bertz CT molecular complexity index is 1040. The van der Waals surface area contributed by atoms with Gasteiger partial charge in [0.1, 0.15) is 5.82 Å². The SMILES string of the molecule is CC1=C(c2ccc(F)cc2)c2cc(C)ccc2C1N1CCN(CCN2CCN[11C]2=O)CC1. The van der Waals surface area contributed by atoms with Gasteiger partial charge in [-0.05, 0) is 53.8 Å². The van der Waals surface area contributed by atoms with E-state index in [1.165, 1.54) is 27.8 Å². The second-order valence-corrected chi connectivity index (χ2v) is 9.15. The van der Waals surface area contributed by atoms with Gasteiger partial charge in [-0.15, -0.1) is 0 Å². The molecule has 0 bridgehead atoms. The van der Waals surface area contributed by atoms with Crippen molar-refractivity contribution in [2.45, 2.75) is 19.9 Å². The van der Waals surface area contributed by atoms with E-state index in [1.807, 2.05) is 17.0 Å². The zero-order chi connectivity index (χ0) is 22.2. The first-order valence-electron chi connectivity index (χ1n) is 11.6. The van der Waals surface area contributed by atoms with E-state index < -0.39 is 0 Å². The summed E-state index contributed by atoms with van der Waals surface area (Å²) in [6.07, 6.45) is 0. The molecule has 32 heavy (non-hydrogen) atoms. The van der Waals surface area contributed by atoms with Crippen LogP contribution in [0.4, 0.5) is 9.18 Å². The van der Waals surface area contributed by atoms with E-state index in [4.69, 9.17) is 0 Å². The van der Waals surface area contributed by atoms with Crippen molar-refractivity contribution in [3.05, 3.63) is 76.1 Å². The Kier molecular flexibility index (Phi) is 5.74. The summed E-state index contributed by atoms with van der Waals surface area (Å²) < 4.78 is 13.6. The fourth-order valence-corrected chi connectivity index (χ4v) is 5.41. The molecule has 5 nitrogen and oxygen atoms in total. The van der Waals surface area contributed by atoms with E-state index in [0.717, 1.165) is 57.9 Å². The summed E-state index contributed by atoms with van der Waals surface area (Å²) in [7, 11) is 0. The highest BCUT2D eigenvalue weighted by atomic mass is 19.1. The molecule has 6 heteroatoms. The Labute approximate surface area is 189 Å². The van der Waals surface area contributed by atoms with Crippen LogP contribution in [0.1, 0.15) is 35.2 Å². The minimum Gasteiger partial charge on any atom is -0.336 e. The lowest BCUT2D eigenvalue weighted by Crippen LogP contribution is -2.49. The van der Waals surface area contributed by atoms with Crippen molar-refractivity contribution in [2.24, 2.45) is 0 Å². The number of urea groups is 1. The molecule has 1 unspecified atom stereocenters. The van der Waals surface area contributed by atoms with Crippen molar-refractivity contribution in [1.82, 2.24) is 20.0 Å². The summed E-state index contributed by atoms with van der Waals surface area (Å²) in [5.74, 6) is -0.200. The van der Waals surface area contributed by atoms with Crippen LogP contribution >= 0.6 is 0 Å². The van der Waals surface area contributed by atoms with E-state index in [9.17, 15) is 9.18 Å². The normalized spacial score (nSPS) is 21.9. The molecule has 1 atom stereocenters. The number of amides is 2. The predicted molar refractivity (Wildman–Crippen MR) is 125 cm³/mol. The molecule has 2 saturated heterocycles. The molecule has 2 fully saturated rings.